The summed E-state index contributed by atoms with van der Waals surface area (Å²) in [5.74, 6) is 7.11. The van der Waals surface area contributed by atoms with Crippen molar-refractivity contribution in [2.45, 2.75) is 26.2 Å². The van der Waals surface area contributed by atoms with E-state index in [-0.39, 0.29) is 0 Å². The zero-order valence-corrected chi connectivity index (χ0v) is 8.86. The summed E-state index contributed by atoms with van der Waals surface area (Å²) in [7, 11) is 0. The number of nitrogens with zero attached hydrogens (tertiary/aromatic N) is 2. The molecule has 0 aliphatic heterocycles. The highest BCUT2D eigenvalue weighted by Gasteiger charge is 2.20. The highest BCUT2D eigenvalue weighted by Crippen LogP contribution is 2.32. The molecule has 1 aliphatic rings. The van der Waals surface area contributed by atoms with Crippen LogP contribution >= 0.6 is 0 Å². The second-order valence-corrected chi connectivity index (χ2v) is 3.90. The number of ether oxygens (including phenoxy) is 1. The Labute approximate surface area is 89.0 Å². The summed E-state index contributed by atoms with van der Waals surface area (Å²) in [4.78, 5) is 8.18. The lowest BCUT2D eigenvalue weighted by Gasteiger charge is -2.06. The van der Waals surface area contributed by atoms with Gasteiger partial charge in [0.25, 0.3) is 0 Å². The molecule has 5 heteroatoms. The molecule has 1 heterocycles. The molecule has 1 aliphatic carbocycles. The average molecular weight is 208 g/mol. The van der Waals surface area contributed by atoms with Crippen LogP contribution in [0.25, 0.3) is 0 Å². The molecule has 0 saturated heterocycles. The minimum absolute atomic E-state index is 0.399. The smallest absolute Gasteiger partial charge is 0.240 e. The van der Waals surface area contributed by atoms with Crippen LogP contribution in [0.4, 0.5) is 5.95 Å². The molecule has 3 N–H and O–H groups in total. The average Bonchev–Trinajstić information content (AvgIpc) is 3.01. The van der Waals surface area contributed by atoms with Gasteiger partial charge in [0, 0.05) is 11.8 Å². The Bertz CT molecular complexity index is 338. The van der Waals surface area contributed by atoms with Crippen LogP contribution in [0.2, 0.25) is 0 Å². The first-order valence-corrected chi connectivity index (χ1v) is 5.23. The molecule has 1 fully saturated rings. The molecule has 0 radical (unpaired) electrons. The van der Waals surface area contributed by atoms with Crippen molar-refractivity contribution in [3.63, 3.8) is 0 Å². The number of hydrogen-bond donors (Lipinski definition) is 2. The van der Waals surface area contributed by atoms with E-state index in [0.717, 1.165) is 24.6 Å². The van der Waals surface area contributed by atoms with E-state index in [1.807, 2.05) is 13.0 Å². The number of rotatable bonds is 5. The molecular weight excluding hydrogens is 192 g/mol. The highest BCUT2D eigenvalue weighted by molar-refractivity contribution is 5.28. The van der Waals surface area contributed by atoms with Crippen molar-refractivity contribution in [3.05, 3.63) is 11.8 Å². The maximum absolute atomic E-state index is 5.53. The van der Waals surface area contributed by atoms with E-state index >= 15 is 0 Å². The predicted molar refractivity (Wildman–Crippen MR) is 57.4 cm³/mol. The summed E-state index contributed by atoms with van der Waals surface area (Å²) in [6, 6.07) is 1.81. The van der Waals surface area contributed by atoms with Crippen molar-refractivity contribution in [3.8, 4) is 5.88 Å². The monoisotopic (exact) mass is 208 g/mol. The molecule has 15 heavy (non-hydrogen) atoms. The molecule has 1 aromatic rings. The molecule has 5 nitrogen and oxygen atoms in total. The van der Waals surface area contributed by atoms with E-state index in [1.165, 1.54) is 12.8 Å². The fraction of sp³-hybridized carbons (Fsp3) is 0.600. The first kappa shape index (κ1) is 10.2. The van der Waals surface area contributed by atoms with Crippen molar-refractivity contribution in [1.29, 1.82) is 0 Å². The fourth-order valence-electron chi connectivity index (χ4n) is 1.41. The van der Waals surface area contributed by atoms with Crippen molar-refractivity contribution in [1.82, 2.24) is 9.97 Å². The number of hydrazine groups is 1. The van der Waals surface area contributed by atoms with E-state index in [4.69, 9.17) is 10.6 Å². The van der Waals surface area contributed by atoms with Gasteiger partial charge in [-0.2, -0.15) is 4.98 Å². The van der Waals surface area contributed by atoms with Crippen molar-refractivity contribution in [2.75, 3.05) is 12.0 Å². The normalized spacial score (nSPS) is 15.1. The molecule has 0 amide bonds. The Morgan fingerprint density at radius 2 is 2.33 bits per heavy atom. The summed E-state index contributed by atoms with van der Waals surface area (Å²) >= 11 is 0. The largest absolute Gasteiger partial charge is 0.478 e. The SMILES string of the molecule is Cc1cc(OCCC2CC2)nc(NN)n1. The van der Waals surface area contributed by atoms with Crippen LogP contribution in [-0.2, 0) is 0 Å². The first-order chi connectivity index (χ1) is 7.28. The Balaban J connectivity index is 1.90. The van der Waals surface area contributed by atoms with Crippen molar-refractivity contribution >= 4 is 5.95 Å². The van der Waals surface area contributed by atoms with Crippen LogP contribution in [0.15, 0.2) is 6.07 Å². The molecule has 82 valence electrons. The Morgan fingerprint density at radius 3 is 3.00 bits per heavy atom. The standard InChI is InChI=1S/C10H16N4O/c1-7-6-9(13-10(12-7)14-11)15-5-4-8-2-3-8/h6,8H,2-5,11H2,1H3,(H,12,13,14). The van der Waals surface area contributed by atoms with E-state index in [9.17, 15) is 0 Å². The summed E-state index contributed by atoms with van der Waals surface area (Å²) < 4.78 is 5.53. The zero-order chi connectivity index (χ0) is 10.7. The van der Waals surface area contributed by atoms with E-state index in [0.29, 0.717) is 11.8 Å². The molecule has 0 spiro atoms. The van der Waals surface area contributed by atoms with Crippen LogP contribution in [0, 0.1) is 12.8 Å². The second kappa shape index (κ2) is 4.44. The minimum atomic E-state index is 0.399. The van der Waals surface area contributed by atoms with Crippen molar-refractivity contribution < 1.29 is 4.74 Å². The lowest BCUT2D eigenvalue weighted by molar-refractivity contribution is 0.291. The molecule has 0 aromatic carbocycles. The second-order valence-electron chi connectivity index (χ2n) is 3.90. The number of anilines is 1. The predicted octanol–water partition coefficient (Wildman–Crippen LogP) is 1.25. The fourth-order valence-corrected chi connectivity index (χ4v) is 1.41. The molecule has 2 rings (SSSR count). The van der Waals surface area contributed by atoms with Gasteiger partial charge >= 0.3 is 0 Å². The summed E-state index contributed by atoms with van der Waals surface area (Å²) in [5, 5.41) is 0. The molecule has 1 saturated carbocycles. The van der Waals surface area contributed by atoms with Crippen molar-refractivity contribution in [2.24, 2.45) is 11.8 Å². The number of aryl methyl sites for hydroxylation is 1. The Kier molecular flexibility index (Phi) is 3.01. The third kappa shape index (κ3) is 3.06. The van der Waals surface area contributed by atoms with Gasteiger partial charge in [-0.05, 0) is 19.3 Å². The number of nitrogens with two attached hydrogens (primary N) is 1. The van der Waals surface area contributed by atoms with E-state index < -0.39 is 0 Å². The Hall–Kier alpha value is -1.36. The van der Waals surface area contributed by atoms with Crippen LogP contribution < -0.4 is 16.0 Å². The molecule has 0 unspecified atom stereocenters. The maximum atomic E-state index is 5.53. The lowest BCUT2D eigenvalue weighted by atomic mass is 10.3. The van der Waals surface area contributed by atoms with Gasteiger partial charge in [-0.3, -0.25) is 5.43 Å². The molecular formula is C10H16N4O. The third-order valence-electron chi connectivity index (χ3n) is 2.43. The number of hydrogen-bond acceptors (Lipinski definition) is 5. The minimum Gasteiger partial charge on any atom is -0.478 e. The van der Waals surface area contributed by atoms with Gasteiger partial charge in [-0.25, -0.2) is 10.8 Å². The topological polar surface area (TPSA) is 73.1 Å². The van der Waals surface area contributed by atoms with Crippen LogP contribution in [-0.4, -0.2) is 16.6 Å². The number of aromatic nitrogens is 2. The van der Waals surface area contributed by atoms with Crippen LogP contribution in [0.1, 0.15) is 25.0 Å². The zero-order valence-electron chi connectivity index (χ0n) is 8.86. The summed E-state index contributed by atoms with van der Waals surface area (Å²) in [6.45, 7) is 2.61. The Morgan fingerprint density at radius 1 is 1.53 bits per heavy atom. The van der Waals surface area contributed by atoms with Gasteiger partial charge in [-0.1, -0.05) is 12.8 Å². The highest BCUT2D eigenvalue weighted by atomic mass is 16.5. The number of nitrogens with one attached hydrogen (secondary N) is 1. The van der Waals surface area contributed by atoms with Gasteiger partial charge < -0.3 is 4.74 Å². The van der Waals surface area contributed by atoms with Gasteiger partial charge in [0.1, 0.15) is 0 Å². The van der Waals surface area contributed by atoms with Crippen LogP contribution in [0.5, 0.6) is 5.88 Å². The van der Waals surface area contributed by atoms with Crippen LogP contribution in [0.3, 0.4) is 0 Å². The molecule has 1 aromatic heterocycles. The molecule has 0 bridgehead atoms. The summed E-state index contributed by atoms with van der Waals surface area (Å²) in [6.07, 6.45) is 3.82. The van der Waals surface area contributed by atoms with Gasteiger partial charge in [0.15, 0.2) is 0 Å². The molecule has 0 atom stereocenters. The summed E-state index contributed by atoms with van der Waals surface area (Å²) in [5.41, 5.74) is 3.26. The third-order valence-corrected chi connectivity index (χ3v) is 2.43. The quantitative estimate of drug-likeness (QED) is 0.562. The van der Waals surface area contributed by atoms with E-state index in [1.54, 1.807) is 0 Å². The maximum Gasteiger partial charge on any atom is 0.240 e. The first-order valence-electron chi connectivity index (χ1n) is 5.23. The van der Waals surface area contributed by atoms with Gasteiger partial charge in [0.2, 0.25) is 11.8 Å². The number of nitrogen functional groups attached to an aromatic ring is 1. The van der Waals surface area contributed by atoms with Gasteiger partial charge in [0.05, 0.1) is 6.61 Å². The lowest BCUT2D eigenvalue weighted by Crippen LogP contribution is -2.12. The van der Waals surface area contributed by atoms with E-state index in [2.05, 4.69) is 15.4 Å². The van der Waals surface area contributed by atoms with Gasteiger partial charge in [-0.15, -0.1) is 0 Å².